The molecule has 4 rings (SSSR count). The summed E-state index contributed by atoms with van der Waals surface area (Å²) >= 11 is 0. The molecule has 1 N–H and O–H groups in total. The lowest BCUT2D eigenvalue weighted by Gasteiger charge is -2.30. The van der Waals surface area contributed by atoms with Gasteiger partial charge in [0.1, 0.15) is 0 Å². The normalized spacial score (nSPS) is 16.7. The van der Waals surface area contributed by atoms with Crippen LogP contribution in [-0.2, 0) is 0 Å². The molecule has 0 spiro atoms. The van der Waals surface area contributed by atoms with Gasteiger partial charge in [-0.25, -0.2) is 5.43 Å². The monoisotopic (exact) mass is 455 g/mol. The largest absolute Gasteiger partial charge is 0.493 e. The number of piperidine rings is 2. The summed E-state index contributed by atoms with van der Waals surface area (Å²) in [7, 11) is 4.76. The molecule has 0 aliphatic carbocycles. The number of hydrogen-bond donors (Lipinski definition) is 1. The van der Waals surface area contributed by atoms with Crippen molar-refractivity contribution in [3.05, 3.63) is 17.7 Å². The van der Waals surface area contributed by atoms with E-state index < -0.39 is 0 Å². The first-order valence-corrected chi connectivity index (χ1v) is 11.6. The summed E-state index contributed by atoms with van der Waals surface area (Å²) in [5.41, 5.74) is 3.74. The Balaban J connectivity index is 1.58. The highest BCUT2D eigenvalue weighted by Gasteiger charge is 2.20. The predicted octanol–water partition coefficient (Wildman–Crippen LogP) is 3.32. The molecular weight excluding hydrogens is 422 g/mol. The van der Waals surface area contributed by atoms with E-state index in [1.807, 2.05) is 12.1 Å². The van der Waals surface area contributed by atoms with E-state index in [2.05, 4.69) is 30.3 Å². The SMILES string of the molecule is COc1ccc(/C=N\Nc2nc(N3CCCCC3)nc(N3CCCCC3)n2)c(OC)c1OC. The highest BCUT2D eigenvalue weighted by molar-refractivity contribution is 5.86. The average Bonchev–Trinajstić information content (AvgIpc) is 2.89. The molecule has 3 heterocycles. The van der Waals surface area contributed by atoms with Crippen LogP contribution in [0.1, 0.15) is 44.1 Å². The van der Waals surface area contributed by atoms with Crippen LogP contribution in [0.25, 0.3) is 0 Å². The molecule has 2 saturated heterocycles. The predicted molar refractivity (Wildman–Crippen MR) is 129 cm³/mol. The van der Waals surface area contributed by atoms with Gasteiger partial charge in [0.05, 0.1) is 27.5 Å². The number of anilines is 3. The molecule has 2 fully saturated rings. The molecular formula is C23H33N7O3. The van der Waals surface area contributed by atoms with Crippen molar-refractivity contribution in [3.8, 4) is 17.2 Å². The van der Waals surface area contributed by atoms with Crippen molar-refractivity contribution in [2.24, 2.45) is 5.10 Å². The highest BCUT2D eigenvalue weighted by atomic mass is 16.5. The molecule has 2 aromatic rings. The molecule has 0 bridgehead atoms. The molecule has 0 radical (unpaired) electrons. The number of hydrazone groups is 1. The second kappa shape index (κ2) is 11.0. The molecule has 0 amide bonds. The number of ether oxygens (including phenoxy) is 3. The van der Waals surface area contributed by atoms with Gasteiger partial charge in [0, 0.05) is 31.7 Å². The number of aromatic nitrogens is 3. The zero-order valence-electron chi connectivity index (χ0n) is 19.7. The minimum atomic E-state index is 0.432. The van der Waals surface area contributed by atoms with Crippen LogP contribution >= 0.6 is 0 Å². The number of methoxy groups -OCH3 is 3. The van der Waals surface area contributed by atoms with Crippen LogP contribution in [0.5, 0.6) is 17.2 Å². The smallest absolute Gasteiger partial charge is 0.250 e. The molecule has 0 saturated carbocycles. The first-order chi connectivity index (χ1) is 16.2. The summed E-state index contributed by atoms with van der Waals surface area (Å²) in [5, 5.41) is 4.38. The highest BCUT2D eigenvalue weighted by Crippen LogP contribution is 2.39. The summed E-state index contributed by atoms with van der Waals surface area (Å²) in [4.78, 5) is 18.6. The fraction of sp³-hybridized carbons (Fsp3) is 0.565. The molecule has 0 unspecified atom stereocenters. The van der Waals surface area contributed by atoms with Crippen LogP contribution in [0.2, 0.25) is 0 Å². The molecule has 178 valence electrons. The second-order valence-corrected chi connectivity index (χ2v) is 8.15. The molecule has 2 aliphatic rings. The van der Waals surface area contributed by atoms with Gasteiger partial charge in [-0.1, -0.05) is 0 Å². The van der Waals surface area contributed by atoms with Crippen LogP contribution in [0, 0.1) is 0 Å². The average molecular weight is 456 g/mol. The van der Waals surface area contributed by atoms with Crippen LogP contribution < -0.4 is 29.4 Å². The van der Waals surface area contributed by atoms with Gasteiger partial charge in [-0.2, -0.15) is 20.1 Å². The Labute approximate surface area is 195 Å². The van der Waals surface area contributed by atoms with Gasteiger partial charge < -0.3 is 24.0 Å². The van der Waals surface area contributed by atoms with Crippen molar-refractivity contribution in [1.29, 1.82) is 0 Å². The number of nitrogens with zero attached hydrogens (tertiary/aromatic N) is 6. The van der Waals surface area contributed by atoms with Crippen molar-refractivity contribution < 1.29 is 14.2 Å². The zero-order valence-corrected chi connectivity index (χ0v) is 19.7. The lowest BCUT2D eigenvalue weighted by atomic mass is 10.1. The van der Waals surface area contributed by atoms with E-state index in [0.29, 0.717) is 35.1 Å². The first kappa shape index (κ1) is 22.9. The van der Waals surface area contributed by atoms with Crippen LogP contribution in [0.15, 0.2) is 17.2 Å². The van der Waals surface area contributed by atoms with E-state index in [1.165, 1.54) is 12.8 Å². The molecule has 1 aromatic carbocycles. The number of rotatable bonds is 8. The minimum absolute atomic E-state index is 0.432. The third-order valence-corrected chi connectivity index (χ3v) is 5.99. The molecule has 0 atom stereocenters. The summed E-state index contributed by atoms with van der Waals surface area (Å²) < 4.78 is 16.3. The van der Waals surface area contributed by atoms with Crippen LogP contribution in [-0.4, -0.2) is 68.7 Å². The Morgan fingerprint density at radius 3 is 1.85 bits per heavy atom. The van der Waals surface area contributed by atoms with Crippen molar-refractivity contribution in [1.82, 2.24) is 15.0 Å². The summed E-state index contributed by atoms with van der Waals surface area (Å²) in [6.07, 6.45) is 8.79. The van der Waals surface area contributed by atoms with E-state index in [4.69, 9.17) is 19.2 Å². The van der Waals surface area contributed by atoms with Gasteiger partial charge in [-0.3, -0.25) is 0 Å². The molecule has 33 heavy (non-hydrogen) atoms. The molecule has 10 heteroatoms. The van der Waals surface area contributed by atoms with Gasteiger partial charge in [0.2, 0.25) is 23.6 Å². The topological polar surface area (TPSA) is 97.2 Å². The third-order valence-electron chi connectivity index (χ3n) is 5.99. The number of benzene rings is 1. The Morgan fingerprint density at radius 2 is 1.33 bits per heavy atom. The van der Waals surface area contributed by atoms with Gasteiger partial charge in [0.25, 0.3) is 0 Å². The molecule has 10 nitrogen and oxygen atoms in total. The number of hydrogen-bond acceptors (Lipinski definition) is 10. The van der Waals surface area contributed by atoms with E-state index in [1.54, 1.807) is 27.5 Å². The summed E-state index contributed by atoms with van der Waals surface area (Å²) in [5.74, 6) is 3.51. The molecule has 1 aromatic heterocycles. The van der Waals surface area contributed by atoms with Crippen molar-refractivity contribution in [2.75, 3.05) is 62.7 Å². The van der Waals surface area contributed by atoms with Gasteiger partial charge in [-0.05, 0) is 50.7 Å². The van der Waals surface area contributed by atoms with Crippen molar-refractivity contribution in [2.45, 2.75) is 38.5 Å². The Hall–Kier alpha value is -3.30. The maximum Gasteiger partial charge on any atom is 0.250 e. The van der Waals surface area contributed by atoms with Crippen molar-refractivity contribution in [3.63, 3.8) is 0 Å². The van der Waals surface area contributed by atoms with Gasteiger partial charge in [-0.15, -0.1) is 0 Å². The minimum Gasteiger partial charge on any atom is -0.493 e. The lowest BCUT2D eigenvalue weighted by Crippen LogP contribution is -2.34. The molecule has 2 aliphatic heterocycles. The summed E-state index contributed by atoms with van der Waals surface area (Å²) in [6.45, 7) is 3.87. The van der Waals surface area contributed by atoms with E-state index >= 15 is 0 Å². The second-order valence-electron chi connectivity index (χ2n) is 8.15. The maximum absolute atomic E-state index is 5.53. The Morgan fingerprint density at radius 1 is 0.758 bits per heavy atom. The third kappa shape index (κ3) is 5.37. The Bertz CT molecular complexity index is 921. The van der Waals surface area contributed by atoms with Crippen LogP contribution in [0.3, 0.4) is 0 Å². The summed E-state index contributed by atoms with van der Waals surface area (Å²) in [6, 6.07) is 3.67. The quantitative estimate of drug-likeness (QED) is 0.475. The lowest BCUT2D eigenvalue weighted by molar-refractivity contribution is 0.324. The van der Waals surface area contributed by atoms with Crippen LogP contribution in [0.4, 0.5) is 17.8 Å². The maximum atomic E-state index is 5.53. The zero-order chi connectivity index (χ0) is 23.0. The van der Waals surface area contributed by atoms with E-state index in [0.717, 1.165) is 57.4 Å². The fourth-order valence-electron chi connectivity index (χ4n) is 4.26. The standard InChI is InChI=1S/C23H33N7O3/c1-31-18-11-10-17(19(32-2)20(18)33-3)16-24-28-21-25-22(29-12-6-4-7-13-29)27-23(26-21)30-14-8-5-9-15-30/h10-11,16H,4-9,12-15H2,1-3H3,(H,25,26,27,28)/b24-16-. The van der Waals surface area contributed by atoms with Gasteiger partial charge in [0.15, 0.2) is 11.5 Å². The van der Waals surface area contributed by atoms with E-state index in [-0.39, 0.29) is 0 Å². The Kier molecular flexibility index (Phi) is 7.64. The fourth-order valence-corrected chi connectivity index (χ4v) is 4.26. The van der Waals surface area contributed by atoms with Crippen molar-refractivity contribution >= 4 is 24.1 Å². The number of nitrogens with one attached hydrogen (secondary N) is 1. The van der Waals surface area contributed by atoms with Gasteiger partial charge >= 0.3 is 0 Å². The van der Waals surface area contributed by atoms with E-state index in [9.17, 15) is 0 Å². The first-order valence-electron chi connectivity index (χ1n) is 11.6.